The van der Waals surface area contributed by atoms with E-state index in [2.05, 4.69) is 31.6 Å². The number of thioether (sulfide) groups is 2. The maximum absolute atomic E-state index is 14.4. The summed E-state index contributed by atoms with van der Waals surface area (Å²) in [6, 6.07) is -9.86. The third-order valence-corrected chi connectivity index (χ3v) is 12.8. The largest absolute Gasteiger partial charge is 0.481 e. The highest BCUT2D eigenvalue weighted by atomic mass is 32.2. The van der Waals surface area contributed by atoms with E-state index in [0.29, 0.717) is 43.7 Å². The van der Waals surface area contributed by atoms with Gasteiger partial charge >= 0.3 is 17.9 Å². The summed E-state index contributed by atoms with van der Waals surface area (Å²) in [5.41, 5.74) is 22.5. The molecule has 390 valence electrons. The number of nitrogens with two attached hydrogens (primary N) is 4. The van der Waals surface area contributed by atoms with Crippen LogP contribution >= 0.6 is 23.5 Å². The molecular formula is C42H72N12O13S2. The van der Waals surface area contributed by atoms with Crippen LogP contribution < -0.4 is 49.5 Å². The van der Waals surface area contributed by atoms with Crippen LogP contribution in [0.2, 0.25) is 0 Å². The fourth-order valence-corrected chi connectivity index (χ4v) is 8.76. The molecule has 27 heteroatoms. The van der Waals surface area contributed by atoms with E-state index < -0.39 is 127 Å². The second kappa shape index (κ2) is 31.7. The van der Waals surface area contributed by atoms with Crippen LogP contribution in [0.1, 0.15) is 96.3 Å². The third kappa shape index (κ3) is 21.0. The highest BCUT2D eigenvalue weighted by molar-refractivity contribution is 7.98. The molecule has 0 aliphatic carbocycles. The predicted molar refractivity (Wildman–Crippen MR) is 257 cm³/mol. The van der Waals surface area contributed by atoms with E-state index in [9.17, 15) is 58.2 Å². The van der Waals surface area contributed by atoms with Gasteiger partial charge in [0.1, 0.15) is 42.3 Å². The number of nitrogens with one attached hydrogen (secondary N) is 5. The van der Waals surface area contributed by atoms with Crippen molar-refractivity contribution in [3.8, 4) is 0 Å². The zero-order chi connectivity index (χ0) is 51.6. The molecule has 0 bridgehead atoms. The van der Waals surface area contributed by atoms with Gasteiger partial charge in [-0.3, -0.25) is 48.1 Å². The Balaban J connectivity index is 2.39. The molecule has 2 heterocycles. The number of carbonyl (C=O) groups excluding carboxylic acids is 7. The number of amides is 7. The average molecular weight is 1020 g/mol. The lowest BCUT2D eigenvalue weighted by Crippen LogP contribution is -2.60. The number of aliphatic carboxylic acids is 3. The van der Waals surface area contributed by atoms with E-state index in [1.54, 1.807) is 12.5 Å². The van der Waals surface area contributed by atoms with E-state index in [4.69, 9.17) is 28.0 Å². The summed E-state index contributed by atoms with van der Waals surface area (Å²) in [5.74, 6) is -8.40. The van der Waals surface area contributed by atoms with Crippen LogP contribution in [0.3, 0.4) is 0 Å². The molecule has 2 rings (SSSR count). The van der Waals surface area contributed by atoms with Crippen LogP contribution in [0.15, 0.2) is 4.99 Å². The van der Waals surface area contributed by atoms with Crippen molar-refractivity contribution in [1.82, 2.24) is 36.4 Å². The lowest BCUT2D eigenvalue weighted by Gasteiger charge is -2.32. The van der Waals surface area contributed by atoms with Crippen molar-refractivity contribution in [2.24, 2.45) is 27.9 Å². The summed E-state index contributed by atoms with van der Waals surface area (Å²) in [6.07, 6.45) is 4.65. The second-order valence-corrected chi connectivity index (χ2v) is 18.8. The Kier molecular flexibility index (Phi) is 27.4. The minimum absolute atomic E-state index is 0.0242. The highest BCUT2D eigenvalue weighted by Gasteiger charge is 2.42. The predicted octanol–water partition coefficient (Wildman–Crippen LogP) is -2.78. The van der Waals surface area contributed by atoms with Gasteiger partial charge in [-0.15, -0.1) is 0 Å². The number of hydrogen-bond donors (Lipinski definition) is 12. The van der Waals surface area contributed by atoms with Crippen molar-refractivity contribution in [3.05, 3.63) is 0 Å². The van der Waals surface area contributed by atoms with Crippen LogP contribution in [-0.2, 0) is 47.9 Å². The number of unbranched alkanes of at least 4 members (excludes halogenated alkanes) is 1. The van der Waals surface area contributed by atoms with Crippen molar-refractivity contribution < 1.29 is 63.3 Å². The van der Waals surface area contributed by atoms with Crippen molar-refractivity contribution in [2.75, 3.05) is 50.2 Å². The second-order valence-electron chi connectivity index (χ2n) is 16.8. The molecule has 2 saturated heterocycles. The molecule has 69 heavy (non-hydrogen) atoms. The first kappa shape index (κ1) is 59.7. The van der Waals surface area contributed by atoms with Gasteiger partial charge in [-0.1, -0.05) is 0 Å². The molecule has 0 radical (unpaired) electrons. The Hall–Kier alpha value is -5.41. The summed E-state index contributed by atoms with van der Waals surface area (Å²) >= 11 is 2.73. The molecule has 2 fully saturated rings. The number of rotatable bonds is 33. The number of guanidine groups is 1. The number of carboxylic acid groups (broad SMARTS) is 3. The van der Waals surface area contributed by atoms with Gasteiger partial charge in [0, 0.05) is 32.5 Å². The molecule has 0 saturated carbocycles. The Morgan fingerprint density at radius 2 is 1.04 bits per heavy atom. The summed E-state index contributed by atoms with van der Waals surface area (Å²) in [4.78, 5) is 138. The standard InChI is InChI=1S/C42H72N12O13S2/c1-68-22-16-27(48-34(59)24(44)12-14-32(55)56)37(62)50-26(13-15-33(57)58)36(61)49-25(9-5-19-47-42(45)46)35(60)51-29(17-23-69-2)40(65)53-20-6-10-30(53)38(63)52-28(8-3-4-18-43)39(64)54-21-7-11-31(54)41(66)67/h24-31H,3-23,43-44H2,1-2H3,(H,48,59)(H,49,61)(H,50,62)(H,51,60)(H,52,63)(H,55,56)(H,57,58)(H,66,67)(H4,45,46,47)/t24-,25-,26-,27-,28-,29-,30-,31-/m0/s1. The average Bonchev–Trinajstić information content (AvgIpc) is 4.01. The first-order chi connectivity index (χ1) is 32.7. The van der Waals surface area contributed by atoms with Gasteiger partial charge in [0.25, 0.3) is 0 Å². The summed E-state index contributed by atoms with van der Waals surface area (Å²) in [6.45, 7) is 0.709. The normalized spacial score (nSPS) is 18.1. The van der Waals surface area contributed by atoms with Crippen molar-refractivity contribution in [1.29, 1.82) is 0 Å². The molecule has 25 nitrogen and oxygen atoms in total. The molecule has 8 atom stereocenters. The third-order valence-electron chi connectivity index (χ3n) is 11.6. The Bertz CT molecular complexity index is 1810. The number of hydrogen-bond acceptors (Lipinski definition) is 15. The molecule has 0 spiro atoms. The van der Waals surface area contributed by atoms with E-state index in [1.165, 1.54) is 33.3 Å². The number of aliphatic imine (C=N–C) groups is 1. The van der Waals surface area contributed by atoms with E-state index in [1.807, 2.05) is 0 Å². The number of likely N-dealkylation sites (tertiary alicyclic amines) is 2. The zero-order valence-corrected chi connectivity index (χ0v) is 41.0. The summed E-state index contributed by atoms with van der Waals surface area (Å²) in [7, 11) is 0. The van der Waals surface area contributed by atoms with Crippen molar-refractivity contribution in [3.63, 3.8) is 0 Å². The first-order valence-electron chi connectivity index (χ1n) is 23.0. The first-order valence-corrected chi connectivity index (χ1v) is 25.8. The lowest BCUT2D eigenvalue weighted by atomic mass is 10.0. The minimum Gasteiger partial charge on any atom is -0.481 e. The Morgan fingerprint density at radius 1 is 0.594 bits per heavy atom. The molecular weight excluding hydrogens is 945 g/mol. The van der Waals surface area contributed by atoms with Crippen molar-refractivity contribution in [2.45, 2.75) is 145 Å². The molecule has 2 aliphatic heterocycles. The fourth-order valence-electron chi connectivity index (χ4n) is 7.82. The van der Waals surface area contributed by atoms with E-state index in [-0.39, 0.29) is 77.0 Å². The number of carboxylic acids is 3. The zero-order valence-electron chi connectivity index (χ0n) is 39.4. The fraction of sp³-hybridized carbons (Fsp3) is 0.738. The van der Waals surface area contributed by atoms with Crippen LogP contribution in [-0.4, -0.2) is 189 Å². The van der Waals surface area contributed by atoms with E-state index in [0.717, 1.165) is 0 Å². The maximum atomic E-state index is 14.4. The van der Waals surface area contributed by atoms with Crippen LogP contribution in [0.25, 0.3) is 0 Å². The SMILES string of the molecule is CSCC[C@H](NC(=O)[C@@H](N)CCC(=O)O)C(=O)N[C@@H](CCC(=O)O)C(=O)N[C@@H](CCCN=C(N)N)C(=O)N[C@@H](CCSC)C(=O)N1CCC[C@H]1C(=O)N[C@@H](CCCCN)C(=O)N1CCC[C@H]1C(=O)O. The molecule has 2 aliphatic rings. The Morgan fingerprint density at radius 3 is 1.57 bits per heavy atom. The van der Waals surface area contributed by atoms with Crippen LogP contribution in [0, 0.1) is 0 Å². The number of nitrogens with zero attached hydrogens (tertiary/aromatic N) is 3. The van der Waals surface area contributed by atoms with Gasteiger partial charge in [-0.25, -0.2) is 4.79 Å². The van der Waals surface area contributed by atoms with Crippen molar-refractivity contribution >= 4 is 88.7 Å². The smallest absolute Gasteiger partial charge is 0.326 e. The van der Waals surface area contributed by atoms with Gasteiger partial charge in [0.2, 0.25) is 41.4 Å². The van der Waals surface area contributed by atoms with Gasteiger partial charge < -0.3 is 74.6 Å². The van der Waals surface area contributed by atoms with E-state index >= 15 is 0 Å². The van der Waals surface area contributed by atoms with Gasteiger partial charge in [0.05, 0.1) is 6.04 Å². The molecule has 0 aromatic heterocycles. The molecule has 7 amide bonds. The Labute approximate surface area is 409 Å². The van der Waals surface area contributed by atoms with Gasteiger partial charge in [-0.2, -0.15) is 23.5 Å². The molecule has 0 aromatic carbocycles. The molecule has 0 unspecified atom stereocenters. The van der Waals surface area contributed by atoms with Crippen LogP contribution in [0.5, 0.6) is 0 Å². The monoisotopic (exact) mass is 1020 g/mol. The molecule has 0 aromatic rings. The van der Waals surface area contributed by atoms with Gasteiger partial charge in [0.15, 0.2) is 5.96 Å². The lowest BCUT2D eigenvalue weighted by molar-refractivity contribution is -0.150. The highest BCUT2D eigenvalue weighted by Crippen LogP contribution is 2.23. The maximum Gasteiger partial charge on any atom is 0.326 e. The quantitative estimate of drug-likeness (QED) is 0.0180. The minimum atomic E-state index is -1.56. The van der Waals surface area contributed by atoms with Crippen LogP contribution in [0.4, 0.5) is 0 Å². The number of carbonyl (C=O) groups is 10. The summed E-state index contributed by atoms with van der Waals surface area (Å²) in [5, 5.41) is 41.3. The summed E-state index contributed by atoms with van der Waals surface area (Å²) < 4.78 is 0. The topological polar surface area (TPSA) is 414 Å². The molecule has 16 N–H and O–H groups in total. The van der Waals surface area contributed by atoms with Gasteiger partial charge in [-0.05, 0) is 114 Å².